The lowest BCUT2D eigenvalue weighted by Crippen LogP contribution is -2.32. The number of nitrogens with zero attached hydrogens (tertiary/aromatic N) is 1. The number of hydrogen-bond acceptors (Lipinski definition) is 3. The summed E-state index contributed by atoms with van der Waals surface area (Å²) in [5, 5.41) is 0. The number of carbonyl (C=O) groups excluding carboxylic acids is 1. The van der Waals surface area contributed by atoms with Gasteiger partial charge in [0.05, 0.1) is 10.5 Å². The number of rotatable bonds is 6. The number of carbonyl (C=O) groups is 1. The van der Waals surface area contributed by atoms with Crippen molar-refractivity contribution in [2.45, 2.75) is 62.8 Å². The first-order valence-electron chi connectivity index (χ1n) is 9.52. The summed E-state index contributed by atoms with van der Waals surface area (Å²) < 4.78 is 28.2. The predicted octanol–water partition coefficient (Wildman–Crippen LogP) is 3.93. The quantitative estimate of drug-likeness (QED) is 0.725. The number of amides is 1. The monoisotopic (exact) mass is 442 g/mol. The van der Waals surface area contributed by atoms with Crippen molar-refractivity contribution in [1.82, 2.24) is 9.62 Å². The maximum absolute atomic E-state index is 13.0. The lowest BCUT2D eigenvalue weighted by atomic mass is 9.96. The third kappa shape index (κ3) is 4.87. The maximum Gasteiger partial charge on any atom is 0.255 e. The standard InChI is InChI=1S/C19H27BrN2O3S/c1-2-4-14-5-3-11-22(12-10-14)19(23)17-13-16(8-9-18(17)20)26(24,25)21-15-6-7-15/h8-9,13-15,21H,2-7,10-12H2,1H3. The van der Waals surface area contributed by atoms with E-state index in [9.17, 15) is 13.2 Å². The lowest BCUT2D eigenvalue weighted by molar-refractivity contribution is 0.0758. The molecule has 1 unspecified atom stereocenters. The van der Waals surface area contributed by atoms with Crippen molar-refractivity contribution in [3.05, 3.63) is 28.2 Å². The first-order chi connectivity index (χ1) is 12.4. The predicted molar refractivity (Wildman–Crippen MR) is 106 cm³/mol. The van der Waals surface area contributed by atoms with Gasteiger partial charge < -0.3 is 4.90 Å². The van der Waals surface area contributed by atoms with Crippen molar-refractivity contribution in [3.63, 3.8) is 0 Å². The van der Waals surface area contributed by atoms with Crippen LogP contribution in [0.5, 0.6) is 0 Å². The van der Waals surface area contributed by atoms with Gasteiger partial charge in [0, 0.05) is 23.6 Å². The molecule has 3 rings (SSSR count). The van der Waals surface area contributed by atoms with Gasteiger partial charge in [0.25, 0.3) is 5.91 Å². The summed E-state index contributed by atoms with van der Waals surface area (Å²) in [5.41, 5.74) is 0.428. The van der Waals surface area contributed by atoms with Gasteiger partial charge in [-0.3, -0.25) is 4.79 Å². The van der Waals surface area contributed by atoms with E-state index in [2.05, 4.69) is 27.6 Å². The Balaban J connectivity index is 1.77. The van der Waals surface area contributed by atoms with Gasteiger partial charge >= 0.3 is 0 Å². The van der Waals surface area contributed by atoms with Gasteiger partial charge in [-0.2, -0.15) is 0 Å². The number of nitrogens with one attached hydrogen (secondary N) is 1. The molecule has 0 aromatic heterocycles. The SMILES string of the molecule is CCCC1CCCN(C(=O)c2cc(S(=O)(=O)NC3CC3)ccc2Br)CC1. The molecule has 1 aromatic rings. The Morgan fingerprint density at radius 3 is 2.69 bits per heavy atom. The zero-order valence-corrected chi connectivity index (χ0v) is 17.6. The summed E-state index contributed by atoms with van der Waals surface area (Å²) in [6, 6.07) is 4.76. The van der Waals surface area contributed by atoms with E-state index in [4.69, 9.17) is 0 Å². The molecule has 1 saturated carbocycles. The second kappa shape index (κ2) is 8.40. The van der Waals surface area contributed by atoms with Crippen molar-refractivity contribution in [1.29, 1.82) is 0 Å². The minimum absolute atomic E-state index is 0.0453. The molecule has 1 N–H and O–H groups in total. The van der Waals surface area contributed by atoms with E-state index in [0.717, 1.165) is 38.8 Å². The average molecular weight is 443 g/mol. The molecule has 5 nitrogen and oxygen atoms in total. The van der Waals surface area contributed by atoms with E-state index in [1.54, 1.807) is 12.1 Å². The third-order valence-electron chi connectivity index (χ3n) is 5.21. The molecule has 0 radical (unpaired) electrons. The number of likely N-dealkylation sites (tertiary alicyclic amines) is 1. The Kier molecular flexibility index (Phi) is 6.41. The van der Waals surface area contributed by atoms with Crippen molar-refractivity contribution in [3.8, 4) is 0 Å². The molecule has 0 bridgehead atoms. The molecular weight excluding hydrogens is 416 g/mol. The molecule has 1 heterocycles. The molecule has 0 spiro atoms. The normalized spacial score (nSPS) is 21.5. The first kappa shape index (κ1) is 19.8. The van der Waals surface area contributed by atoms with Crippen molar-refractivity contribution < 1.29 is 13.2 Å². The van der Waals surface area contributed by atoms with E-state index in [1.807, 2.05) is 4.90 Å². The molecule has 1 amide bonds. The van der Waals surface area contributed by atoms with Gasteiger partial charge in [-0.1, -0.05) is 19.8 Å². The summed E-state index contributed by atoms with van der Waals surface area (Å²) >= 11 is 3.42. The highest BCUT2D eigenvalue weighted by Crippen LogP contribution is 2.27. The van der Waals surface area contributed by atoms with Crippen LogP contribution in [0.4, 0.5) is 0 Å². The van der Waals surface area contributed by atoms with E-state index >= 15 is 0 Å². The van der Waals surface area contributed by atoms with Gasteiger partial charge in [-0.05, 0) is 72.2 Å². The Labute approximate surface area is 164 Å². The number of halogens is 1. The largest absolute Gasteiger partial charge is 0.339 e. The fourth-order valence-electron chi connectivity index (χ4n) is 3.56. The van der Waals surface area contributed by atoms with Gasteiger partial charge in [-0.15, -0.1) is 0 Å². The molecule has 26 heavy (non-hydrogen) atoms. The topological polar surface area (TPSA) is 66.5 Å². The fourth-order valence-corrected chi connectivity index (χ4v) is 5.31. The first-order valence-corrected chi connectivity index (χ1v) is 11.8. The van der Waals surface area contributed by atoms with Crippen LogP contribution >= 0.6 is 15.9 Å². The molecule has 144 valence electrons. The minimum atomic E-state index is -3.57. The number of sulfonamides is 1. The van der Waals surface area contributed by atoms with E-state index in [0.29, 0.717) is 16.0 Å². The molecule has 1 saturated heterocycles. The molecule has 1 aliphatic heterocycles. The van der Waals surface area contributed by atoms with Crippen LogP contribution in [0.2, 0.25) is 0 Å². The zero-order chi connectivity index (χ0) is 18.7. The highest BCUT2D eigenvalue weighted by Gasteiger charge is 2.29. The van der Waals surface area contributed by atoms with Gasteiger partial charge in [-0.25, -0.2) is 13.1 Å². The Hall–Kier alpha value is -0.920. The fraction of sp³-hybridized carbons (Fsp3) is 0.632. The maximum atomic E-state index is 13.0. The van der Waals surface area contributed by atoms with Gasteiger partial charge in [0.1, 0.15) is 0 Å². The summed E-state index contributed by atoms with van der Waals surface area (Å²) in [7, 11) is -3.57. The van der Waals surface area contributed by atoms with Crippen LogP contribution in [0.25, 0.3) is 0 Å². The van der Waals surface area contributed by atoms with E-state index in [-0.39, 0.29) is 16.8 Å². The van der Waals surface area contributed by atoms with Crippen LogP contribution in [0.15, 0.2) is 27.6 Å². The van der Waals surface area contributed by atoms with Gasteiger partial charge in [0.15, 0.2) is 0 Å². The number of benzene rings is 1. The minimum Gasteiger partial charge on any atom is -0.339 e. The van der Waals surface area contributed by atoms with Crippen molar-refractivity contribution in [2.75, 3.05) is 13.1 Å². The summed E-state index contributed by atoms with van der Waals surface area (Å²) in [6.45, 7) is 3.68. The second-order valence-corrected chi connectivity index (χ2v) is 9.98. The Morgan fingerprint density at radius 2 is 2.00 bits per heavy atom. The molecule has 7 heteroatoms. The zero-order valence-electron chi connectivity index (χ0n) is 15.2. The molecular formula is C19H27BrN2O3S. The van der Waals surface area contributed by atoms with E-state index in [1.165, 1.54) is 25.3 Å². The van der Waals surface area contributed by atoms with Crippen LogP contribution in [0.1, 0.15) is 62.2 Å². The molecule has 1 atom stereocenters. The van der Waals surface area contributed by atoms with Crippen LogP contribution in [0.3, 0.4) is 0 Å². The van der Waals surface area contributed by atoms with Crippen LogP contribution in [-0.2, 0) is 10.0 Å². The van der Waals surface area contributed by atoms with E-state index < -0.39 is 10.0 Å². The van der Waals surface area contributed by atoms with Gasteiger partial charge in [0.2, 0.25) is 10.0 Å². The summed E-state index contributed by atoms with van der Waals surface area (Å²) in [6.07, 6.45) is 7.36. The molecule has 1 aliphatic carbocycles. The van der Waals surface area contributed by atoms with Crippen molar-refractivity contribution >= 4 is 31.9 Å². The van der Waals surface area contributed by atoms with Crippen LogP contribution in [0, 0.1) is 5.92 Å². The highest BCUT2D eigenvalue weighted by molar-refractivity contribution is 9.10. The lowest BCUT2D eigenvalue weighted by Gasteiger charge is -2.22. The van der Waals surface area contributed by atoms with Crippen LogP contribution < -0.4 is 4.72 Å². The summed E-state index contributed by atoms with van der Waals surface area (Å²) in [5.74, 6) is 0.605. The smallest absolute Gasteiger partial charge is 0.255 e. The Morgan fingerprint density at radius 1 is 1.23 bits per heavy atom. The average Bonchev–Trinajstić information content (AvgIpc) is 3.42. The third-order valence-corrected chi connectivity index (χ3v) is 7.42. The van der Waals surface area contributed by atoms with Crippen LogP contribution in [-0.4, -0.2) is 38.4 Å². The number of hydrogen-bond donors (Lipinski definition) is 1. The van der Waals surface area contributed by atoms with Crippen molar-refractivity contribution in [2.24, 2.45) is 5.92 Å². The Bertz CT molecular complexity index is 762. The molecule has 2 fully saturated rings. The molecule has 2 aliphatic rings. The highest BCUT2D eigenvalue weighted by atomic mass is 79.9. The summed E-state index contributed by atoms with van der Waals surface area (Å²) in [4.78, 5) is 15.1. The molecule has 1 aromatic carbocycles. The second-order valence-electron chi connectivity index (χ2n) is 7.42.